The van der Waals surface area contributed by atoms with Gasteiger partial charge in [0.1, 0.15) is 5.60 Å². The van der Waals surface area contributed by atoms with Gasteiger partial charge in [-0.2, -0.15) is 0 Å². The highest BCUT2D eigenvalue weighted by atomic mass is 28.4. The first-order valence-corrected chi connectivity index (χ1v) is 18.6. The van der Waals surface area contributed by atoms with Gasteiger partial charge in [0.05, 0.1) is 0 Å². The largest absolute Gasteiger partial charge is 0.403 e. The normalized spacial score (nSPS) is 15.9. The van der Waals surface area contributed by atoms with E-state index in [1.54, 1.807) is 0 Å². The maximum atomic E-state index is 7.38. The van der Waals surface area contributed by atoms with Crippen LogP contribution in [0.2, 0.25) is 19.6 Å². The van der Waals surface area contributed by atoms with E-state index in [2.05, 4.69) is 139 Å². The lowest BCUT2D eigenvalue weighted by molar-refractivity contribution is 0.0639. The highest BCUT2D eigenvalue weighted by Crippen LogP contribution is 2.44. The quantitative estimate of drug-likeness (QED) is 0.227. The van der Waals surface area contributed by atoms with Gasteiger partial charge >= 0.3 is 0 Å². The zero-order chi connectivity index (χ0) is 29.5. The Morgan fingerprint density at radius 2 is 1.02 bits per heavy atom. The minimum Gasteiger partial charge on any atom is -0.403 e. The molecule has 0 unspecified atom stereocenters. The smallest absolute Gasteiger partial charge is 0.185 e. The maximum absolute atomic E-state index is 7.38. The van der Waals surface area contributed by atoms with Crippen LogP contribution in [-0.4, -0.2) is 20.9 Å². The standard InChI is InChI=1S/C38H47NOSi/c1-25-21-27(3)36(28(4)22-25)31-12-16-33(17-13-31)38(40-41(7,8)9,35-11-10-20-39-35)34-18-14-32(15-19-34)37-29(5)23-26(2)24-30(37)6/h12-19,21-24,35,39H,10-11,20H2,1-9H3/t35-/m0/s1. The fourth-order valence-electron chi connectivity index (χ4n) is 7.31. The fourth-order valence-corrected chi connectivity index (χ4v) is 8.66. The Hall–Kier alpha value is -2.98. The van der Waals surface area contributed by atoms with E-state index in [1.165, 1.54) is 73.2 Å². The van der Waals surface area contributed by atoms with Crippen molar-refractivity contribution < 1.29 is 4.43 Å². The van der Waals surface area contributed by atoms with Crippen molar-refractivity contribution in [3.05, 3.63) is 117 Å². The number of aryl methyl sites for hydroxylation is 6. The van der Waals surface area contributed by atoms with Gasteiger partial charge in [0.2, 0.25) is 0 Å². The van der Waals surface area contributed by atoms with Gasteiger partial charge in [-0.05, 0) is 136 Å². The van der Waals surface area contributed by atoms with E-state index >= 15 is 0 Å². The fraction of sp³-hybridized carbons (Fsp3) is 0.368. The molecule has 0 spiro atoms. The summed E-state index contributed by atoms with van der Waals surface area (Å²) in [6.07, 6.45) is 2.27. The van der Waals surface area contributed by atoms with E-state index < -0.39 is 13.9 Å². The zero-order valence-electron chi connectivity index (χ0n) is 26.5. The van der Waals surface area contributed by atoms with Crippen LogP contribution in [0.4, 0.5) is 0 Å². The zero-order valence-corrected chi connectivity index (χ0v) is 27.5. The molecule has 0 amide bonds. The van der Waals surface area contributed by atoms with Gasteiger partial charge in [-0.1, -0.05) is 83.9 Å². The predicted molar refractivity (Wildman–Crippen MR) is 178 cm³/mol. The molecule has 1 saturated heterocycles. The molecule has 1 aliphatic rings. The summed E-state index contributed by atoms with van der Waals surface area (Å²) in [5.74, 6) is 0. The summed E-state index contributed by atoms with van der Waals surface area (Å²) in [5.41, 5.74) is 15.1. The molecular formula is C38H47NOSi. The molecular weight excluding hydrogens is 515 g/mol. The molecule has 214 valence electrons. The summed E-state index contributed by atoms with van der Waals surface area (Å²) in [7, 11) is -1.97. The van der Waals surface area contributed by atoms with Crippen molar-refractivity contribution in [3.63, 3.8) is 0 Å². The van der Waals surface area contributed by atoms with Crippen LogP contribution in [0, 0.1) is 41.5 Å². The van der Waals surface area contributed by atoms with E-state index in [4.69, 9.17) is 4.43 Å². The first kappa shape index (κ1) is 29.5. The van der Waals surface area contributed by atoms with Gasteiger partial charge in [0, 0.05) is 6.04 Å². The molecule has 1 fully saturated rings. The molecule has 4 aromatic carbocycles. The summed E-state index contributed by atoms with van der Waals surface area (Å²) < 4.78 is 7.38. The Morgan fingerprint density at radius 1 is 0.634 bits per heavy atom. The highest BCUT2D eigenvalue weighted by molar-refractivity contribution is 6.69. The van der Waals surface area contributed by atoms with Crippen molar-refractivity contribution in [3.8, 4) is 22.3 Å². The van der Waals surface area contributed by atoms with E-state index in [9.17, 15) is 0 Å². The average molecular weight is 562 g/mol. The first-order chi connectivity index (χ1) is 19.4. The maximum Gasteiger partial charge on any atom is 0.185 e. The number of hydrogen-bond donors (Lipinski definition) is 1. The third-order valence-electron chi connectivity index (χ3n) is 8.58. The number of rotatable bonds is 7. The molecule has 5 rings (SSSR count). The van der Waals surface area contributed by atoms with Crippen LogP contribution < -0.4 is 5.32 Å². The summed E-state index contributed by atoms with van der Waals surface area (Å²) in [6, 6.07) is 27.9. The average Bonchev–Trinajstić information content (AvgIpc) is 3.42. The third kappa shape index (κ3) is 5.86. The predicted octanol–water partition coefficient (Wildman–Crippen LogP) is 9.72. The second kappa shape index (κ2) is 11.4. The molecule has 0 radical (unpaired) electrons. The second-order valence-electron chi connectivity index (χ2n) is 13.3. The van der Waals surface area contributed by atoms with Crippen LogP contribution in [0.1, 0.15) is 57.3 Å². The van der Waals surface area contributed by atoms with Crippen molar-refractivity contribution >= 4 is 8.32 Å². The van der Waals surface area contributed by atoms with Crippen molar-refractivity contribution in [2.24, 2.45) is 0 Å². The number of nitrogens with one attached hydrogen (secondary N) is 1. The van der Waals surface area contributed by atoms with Crippen molar-refractivity contribution in [1.82, 2.24) is 5.32 Å². The summed E-state index contributed by atoms with van der Waals surface area (Å²) in [4.78, 5) is 0. The molecule has 0 saturated carbocycles. The van der Waals surface area contributed by atoms with Crippen LogP contribution in [0.25, 0.3) is 22.3 Å². The number of benzene rings is 4. The van der Waals surface area contributed by atoms with Gasteiger partial charge < -0.3 is 9.74 Å². The van der Waals surface area contributed by atoms with Crippen LogP contribution in [0.5, 0.6) is 0 Å². The minimum atomic E-state index is -1.97. The lowest BCUT2D eigenvalue weighted by Gasteiger charge is -2.44. The van der Waals surface area contributed by atoms with Gasteiger partial charge in [-0.25, -0.2) is 0 Å². The second-order valence-corrected chi connectivity index (χ2v) is 17.7. The third-order valence-corrected chi connectivity index (χ3v) is 9.51. The lowest BCUT2D eigenvalue weighted by Crippen LogP contribution is -2.53. The van der Waals surface area contributed by atoms with Crippen LogP contribution >= 0.6 is 0 Å². The Balaban J connectivity index is 1.65. The van der Waals surface area contributed by atoms with Gasteiger partial charge in [-0.15, -0.1) is 0 Å². The Kier molecular flexibility index (Phi) is 8.18. The molecule has 0 bridgehead atoms. The molecule has 2 nitrogen and oxygen atoms in total. The topological polar surface area (TPSA) is 21.3 Å². The summed E-state index contributed by atoms with van der Waals surface area (Å²) in [6.45, 7) is 21.2. The van der Waals surface area contributed by atoms with Crippen molar-refractivity contribution in [1.29, 1.82) is 0 Å². The molecule has 1 aliphatic heterocycles. The Morgan fingerprint density at radius 3 is 1.34 bits per heavy atom. The number of hydrogen-bond acceptors (Lipinski definition) is 2. The summed E-state index contributed by atoms with van der Waals surface area (Å²) >= 11 is 0. The SMILES string of the molecule is Cc1cc(C)c(-c2ccc(C(O[Si](C)(C)C)(c3ccc(-c4c(C)cc(C)cc4C)cc3)[C@@H]3CCCN3)cc2)c(C)c1. The van der Waals surface area contributed by atoms with Crippen LogP contribution in [0.15, 0.2) is 72.8 Å². The van der Waals surface area contributed by atoms with Crippen LogP contribution in [0.3, 0.4) is 0 Å². The molecule has 0 aliphatic carbocycles. The molecule has 1 heterocycles. The van der Waals surface area contributed by atoms with Gasteiger partial charge in [0.15, 0.2) is 8.32 Å². The molecule has 1 atom stereocenters. The molecule has 4 aromatic rings. The molecule has 0 aromatic heterocycles. The molecule has 1 N–H and O–H groups in total. The molecule has 41 heavy (non-hydrogen) atoms. The van der Waals surface area contributed by atoms with E-state index in [-0.39, 0.29) is 6.04 Å². The Labute approximate surface area is 249 Å². The van der Waals surface area contributed by atoms with Crippen molar-refractivity contribution in [2.75, 3.05) is 6.54 Å². The highest BCUT2D eigenvalue weighted by Gasteiger charge is 2.47. The van der Waals surface area contributed by atoms with Gasteiger partial charge in [-0.3, -0.25) is 0 Å². The molecule has 3 heteroatoms. The van der Waals surface area contributed by atoms with Crippen LogP contribution in [-0.2, 0) is 10.0 Å². The van der Waals surface area contributed by atoms with E-state index in [0.717, 1.165) is 13.0 Å². The van der Waals surface area contributed by atoms with E-state index in [1.807, 2.05) is 0 Å². The van der Waals surface area contributed by atoms with E-state index in [0.29, 0.717) is 0 Å². The first-order valence-electron chi connectivity index (χ1n) is 15.2. The van der Waals surface area contributed by atoms with Crippen molar-refractivity contribution in [2.45, 2.75) is 85.7 Å². The monoisotopic (exact) mass is 561 g/mol. The Bertz CT molecular complexity index is 1390. The lowest BCUT2D eigenvalue weighted by atomic mass is 9.78. The van der Waals surface area contributed by atoms with Gasteiger partial charge in [0.25, 0.3) is 0 Å². The summed E-state index contributed by atoms with van der Waals surface area (Å²) in [5, 5.41) is 3.86. The minimum absolute atomic E-state index is 0.219.